The number of ether oxygens (including phenoxy) is 1. The zero-order valence-corrected chi connectivity index (χ0v) is 12.4. The number of nitrogens with zero attached hydrogens (tertiary/aromatic N) is 1. The van der Waals surface area contributed by atoms with E-state index in [0.29, 0.717) is 44.2 Å². The molecule has 1 aromatic carbocycles. The predicted molar refractivity (Wildman–Crippen MR) is 76.4 cm³/mol. The molecule has 1 aromatic rings. The molecule has 0 radical (unpaired) electrons. The van der Waals surface area contributed by atoms with Crippen molar-refractivity contribution in [1.82, 2.24) is 9.62 Å². The van der Waals surface area contributed by atoms with Gasteiger partial charge in [-0.3, -0.25) is 4.79 Å². The third-order valence-electron chi connectivity index (χ3n) is 3.94. The molecule has 3 rings (SSSR count). The second-order valence-electron chi connectivity index (χ2n) is 5.29. The molecule has 1 atom stereocenters. The highest BCUT2D eigenvalue weighted by molar-refractivity contribution is 7.89. The van der Waals surface area contributed by atoms with Crippen LogP contribution in [-0.2, 0) is 19.6 Å². The Hall–Kier alpha value is -1.44. The Labute approximate surface area is 124 Å². The molecule has 2 heterocycles. The number of carbonyl (C=O) groups is 1. The van der Waals surface area contributed by atoms with E-state index in [9.17, 15) is 13.2 Å². The van der Waals surface area contributed by atoms with E-state index in [-0.39, 0.29) is 11.8 Å². The molecule has 0 spiro atoms. The minimum atomic E-state index is -3.44. The third-order valence-corrected chi connectivity index (χ3v) is 5.85. The Balaban J connectivity index is 1.78. The molecule has 0 bridgehead atoms. The number of hydrogen-bond acceptors (Lipinski definition) is 4. The van der Waals surface area contributed by atoms with Crippen LogP contribution in [0, 0.1) is 0 Å². The number of carbonyl (C=O) groups excluding carboxylic acids is 1. The predicted octanol–water partition coefficient (Wildman–Crippen LogP) is 0.311. The van der Waals surface area contributed by atoms with Gasteiger partial charge >= 0.3 is 0 Å². The topological polar surface area (TPSA) is 75.7 Å². The molecule has 1 amide bonds. The molecule has 6 nitrogen and oxygen atoms in total. The average molecular weight is 310 g/mol. The van der Waals surface area contributed by atoms with E-state index in [4.69, 9.17) is 4.74 Å². The van der Waals surface area contributed by atoms with Gasteiger partial charge in [0.25, 0.3) is 0 Å². The summed E-state index contributed by atoms with van der Waals surface area (Å²) in [5.74, 6) is 0.183. The standard InChI is InChI=1S/C14H18N2O4S/c17-14-9-12(10-15-14)11-1-3-13(4-2-11)21(18,19)16-5-7-20-8-6-16/h1-4,12H,5-10H2,(H,15,17)/t12-/m0/s1. The van der Waals surface area contributed by atoms with Crippen molar-refractivity contribution in [2.75, 3.05) is 32.8 Å². The molecule has 7 heteroatoms. The molecule has 2 aliphatic heterocycles. The zero-order valence-electron chi connectivity index (χ0n) is 11.6. The SMILES string of the molecule is O=C1C[C@H](c2ccc(S(=O)(=O)N3CCOCC3)cc2)CN1. The van der Waals surface area contributed by atoms with Gasteiger partial charge in [0.05, 0.1) is 18.1 Å². The Morgan fingerprint density at radius 1 is 1.14 bits per heavy atom. The Kier molecular flexibility index (Phi) is 3.97. The molecule has 0 aromatic heterocycles. The van der Waals surface area contributed by atoms with Gasteiger partial charge in [-0.25, -0.2) is 8.42 Å². The Morgan fingerprint density at radius 3 is 2.38 bits per heavy atom. The van der Waals surface area contributed by atoms with Crippen molar-refractivity contribution in [2.45, 2.75) is 17.2 Å². The number of nitrogens with one attached hydrogen (secondary N) is 1. The van der Waals surface area contributed by atoms with Gasteiger partial charge in [-0.15, -0.1) is 0 Å². The highest BCUT2D eigenvalue weighted by atomic mass is 32.2. The van der Waals surface area contributed by atoms with Crippen LogP contribution >= 0.6 is 0 Å². The average Bonchev–Trinajstić information content (AvgIpc) is 2.95. The Morgan fingerprint density at radius 2 is 1.81 bits per heavy atom. The van der Waals surface area contributed by atoms with Gasteiger partial charge < -0.3 is 10.1 Å². The van der Waals surface area contributed by atoms with Gasteiger partial charge in [-0.05, 0) is 17.7 Å². The molecule has 2 saturated heterocycles. The van der Waals surface area contributed by atoms with E-state index in [0.717, 1.165) is 5.56 Å². The van der Waals surface area contributed by atoms with Crippen LogP contribution in [0.1, 0.15) is 17.9 Å². The van der Waals surface area contributed by atoms with Crippen LogP contribution in [-0.4, -0.2) is 51.5 Å². The molecule has 0 aliphatic carbocycles. The Bertz CT molecular complexity index is 621. The summed E-state index contributed by atoms with van der Waals surface area (Å²) in [6, 6.07) is 6.86. The van der Waals surface area contributed by atoms with Gasteiger partial charge in [-0.1, -0.05) is 12.1 Å². The lowest BCUT2D eigenvalue weighted by atomic mass is 9.99. The van der Waals surface area contributed by atoms with E-state index in [1.165, 1.54) is 4.31 Å². The number of rotatable bonds is 3. The molecule has 114 valence electrons. The monoisotopic (exact) mass is 310 g/mol. The first-order chi connectivity index (χ1) is 10.1. The molecule has 2 aliphatic rings. The zero-order chi connectivity index (χ0) is 14.9. The summed E-state index contributed by atoms with van der Waals surface area (Å²) in [6.07, 6.45) is 0.468. The van der Waals surface area contributed by atoms with Crippen LogP contribution in [0.25, 0.3) is 0 Å². The fraction of sp³-hybridized carbons (Fsp3) is 0.500. The largest absolute Gasteiger partial charge is 0.379 e. The molecule has 2 fully saturated rings. The second-order valence-corrected chi connectivity index (χ2v) is 7.23. The van der Waals surface area contributed by atoms with E-state index in [2.05, 4.69) is 5.32 Å². The van der Waals surface area contributed by atoms with Crippen molar-refractivity contribution in [3.05, 3.63) is 29.8 Å². The van der Waals surface area contributed by atoms with E-state index < -0.39 is 10.0 Å². The van der Waals surface area contributed by atoms with Crippen LogP contribution in [0.15, 0.2) is 29.2 Å². The quantitative estimate of drug-likeness (QED) is 0.872. The highest BCUT2D eigenvalue weighted by Gasteiger charge is 2.27. The summed E-state index contributed by atoms with van der Waals surface area (Å²) in [5, 5.41) is 2.79. The highest BCUT2D eigenvalue weighted by Crippen LogP contribution is 2.25. The fourth-order valence-corrected chi connectivity index (χ4v) is 4.10. The second kappa shape index (κ2) is 5.75. The first-order valence-electron chi connectivity index (χ1n) is 7.02. The van der Waals surface area contributed by atoms with Crippen molar-refractivity contribution < 1.29 is 17.9 Å². The molecular weight excluding hydrogens is 292 g/mol. The maximum atomic E-state index is 12.5. The molecular formula is C14H18N2O4S. The van der Waals surface area contributed by atoms with Crippen LogP contribution < -0.4 is 5.32 Å². The number of hydrogen-bond donors (Lipinski definition) is 1. The van der Waals surface area contributed by atoms with E-state index in [1.807, 2.05) is 0 Å². The van der Waals surface area contributed by atoms with Crippen molar-refractivity contribution in [3.8, 4) is 0 Å². The van der Waals surface area contributed by atoms with Crippen LogP contribution in [0.2, 0.25) is 0 Å². The van der Waals surface area contributed by atoms with Gasteiger partial charge in [0.15, 0.2) is 0 Å². The van der Waals surface area contributed by atoms with Crippen molar-refractivity contribution in [1.29, 1.82) is 0 Å². The summed E-state index contributed by atoms with van der Waals surface area (Å²) in [5.41, 5.74) is 0.995. The summed E-state index contributed by atoms with van der Waals surface area (Å²) in [6.45, 7) is 2.28. The lowest BCUT2D eigenvalue weighted by Crippen LogP contribution is -2.40. The lowest BCUT2D eigenvalue weighted by molar-refractivity contribution is -0.119. The molecule has 21 heavy (non-hydrogen) atoms. The summed E-state index contributed by atoms with van der Waals surface area (Å²) in [4.78, 5) is 11.5. The maximum absolute atomic E-state index is 12.5. The van der Waals surface area contributed by atoms with Crippen molar-refractivity contribution in [3.63, 3.8) is 0 Å². The number of sulfonamides is 1. The molecule has 1 N–H and O–H groups in total. The molecule has 0 saturated carbocycles. The third kappa shape index (κ3) is 2.95. The van der Waals surface area contributed by atoms with E-state index in [1.54, 1.807) is 24.3 Å². The summed E-state index contributed by atoms with van der Waals surface area (Å²) in [7, 11) is -3.44. The maximum Gasteiger partial charge on any atom is 0.243 e. The summed E-state index contributed by atoms with van der Waals surface area (Å²) < 4.78 is 31.6. The van der Waals surface area contributed by atoms with Gasteiger partial charge in [0.1, 0.15) is 0 Å². The fourth-order valence-electron chi connectivity index (χ4n) is 2.69. The van der Waals surface area contributed by atoms with Crippen molar-refractivity contribution in [2.24, 2.45) is 0 Å². The number of amides is 1. The normalized spacial score (nSPS) is 24.0. The van der Waals surface area contributed by atoms with E-state index >= 15 is 0 Å². The van der Waals surface area contributed by atoms with Crippen LogP contribution in [0.5, 0.6) is 0 Å². The van der Waals surface area contributed by atoms with Gasteiger partial charge in [-0.2, -0.15) is 4.31 Å². The number of benzene rings is 1. The van der Waals surface area contributed by atoms with Gasteiger partial charge in [0, 0.05) is 32.0 Å². The number of morpholine rings is 1. The first-order valence-corrected chi connectivity index (χ1v) is 8.46. The van der Waals surface area contributed by atoms with Gasteiger partial charge in [0.2, 0.25) is 15.9 Å². The minimum absolute atomic E-state index is 0.0463. The summed E-state index contributed by atoms with van der Waals surface area (Å²) >= 11 is 0. The van der Waals surface area contributed by atoms with Crippen molar-refractivity contribution >= 4 is 15.9 Å². The van der Waals surface area contributed by atoms with Crippen LogP contribution in [0.4, 0.5) is 0 Å². The first kappa shape index (κ1) is 14.5. The minimum Gasteiger partial charge on any atom is -0.379 e. The lowest BCUT2D eigenvalue weighted by Gasteiger charge is -2.26. The smallest absolute Gasteiger partial charge is 0.243 e. The molecule has 0 unspecified atom stereocenters. The van der Waals surface area contributed by atoms with Crippen LogP contribution in [0.3, 0.4) is 0 Å².